The Morgan fingerprint density at radius 1 is 1.71 bits per heavy atom. The van der Waals surface area contributed by atoms with Gasteiger partial charge in [0.1, 0.15) is 6.10 Å². The molecule has 1 rings (SSSR count). The van der Waals surface area contributed by atoms with Crippen LogP contribution >= 0.6 is 0 Å². The van der Waals surface area contributed by atoms with E-state index in [-0.39, 0.29) is 5.60 Å². The Hall–Kier alpha value is -0.820. The average Bonchev–Trinajstić information content (AvgIpc) is 2.82. The first-order valence-electron chi connectivity index (χ1n) is 4.84. The molecule has 0 aromatic rings. The van der Waals surface area contributed by atoms with Crippen molar-refractivity contribution in [2.75, 3.05) is 13.2 Å². The molecule has 0 amide bonds. The van der Waals surface area contributed by atoms with Crippen molar-refractivity contribution in [2.45, 2.75) is 32.5 Å². The summed E-state index contributed by atoms with van der Waals surface area (Å²) >= 11 is 0. The van der Waals surface area contributed by atoms with Crippen molar-refractivity contribution >= 4 is 0 Å². The molecule has 0 bridgehead atoms. The molecular formula is C12H18O2. The van der Waals surface area contributed by atoms with E-state index in [0.717, 1.165) is 12.2 Å². The van der Waals surface area contributed by atoms with Gasteiger partial charge in [0.2, 0.25) is 0 Å². The molecule has 2 nitrogen and oxygen atoms in total. The monoisotopic (exact) mass is 194 g/mol. The van der Waals surface area contributed by atoms with Crippen molar-refractivity contribution in [3.63, 3.8) is 0 Å². The van der Waals surface area contributed by atoms with Gasteiger partial charge in [-0.2, -0.15) is 0 Å². The zero-order valence-electron chi connectivity index (χ0n) is 9.17. The van der Waals surface area contributed by atoms with Gasteiger partial charge < -0.3 is 9.47 Å². The Balaban J connectivity index is 2.37. The lowest BCUT2D eigenvalue weighted by Gasteiger charge is -2.19. The smallest absolute Gasteiger partial charge is 0.104 e. The summed E-state index contributed by atoms with van der Waals surface area (Å²) < 4.78 is 10.7. The first-order valence-corrected chi connectivity index (χ1v) is 4.84. The van der Waals surface area contributed by atoms with Crippen LogP contribution in [0.3, 0.4) is 0 Å². The molecule has 0 spiro atoms. The van der Waals surface area contributed by atoms with Crippen LogP contribution in [0.2, 0.25) is 0 Å². The van der Waals surface area contributed by atoms with Crippen LogP contribution in [-0.2, 0) is 9.47 Å². The lowest BCUT2D eigenvalue weighted by molar-refractivity contribution is 0.0110. The van der Waals surface area contributed by atoms with E-state index in [1.54, 1.807) is 0 Å². The number of epoxide rings is 1. The Morgan fingerprint density at radius 3 is 2.86 bits per heavy atom. The largest absolute Gasteiger partial charge is 0.371 e. The Labute approximate surface area is 85.9 Å². The van der Waals surface area contributed by atoms with Crippen LogP contribution in [0.15, 0.2) is 30.0 Å². The number of rotatable bonds is 5. The molecular weight excluding hydrogens is 176 g/mol. The third kappa shape index (κ3) is 5.03. The van der Waals surface area contributed by atoms with Crippen LogP contribution in [0.5, 0.6) is 0 Å². The second kappa shape index (κ2) is 4.61. The first kappa shape index (κ1) is 11.3. The van der Waals surface area contributed by atoms with Gasteiger partial charge in [-0.25, -0.2) is 0 Å². The Bertz CT molecular complexity index is 266. The summed E-state index contributed by atoms with van der Waals surface area (Å²) in [6, 6.07) is 0. The van der Waals surface area contributed by atoms with Crippen LogP contribution in [0.1, 0.15) is 20.8 Å². The van der Waals surface area contributed by atoms with Crippen LogP contribution in [-0.4, -0.2) is 24.9 Å². The average molecular weight is 194 g/mol. The molecule has 1 aliphatic rings. The number of allylic oxidation sites excluding steroid dienone is 1. The van der Waals surface area contributed by atoms with Crippen molar-refractivity contribution in [3.05, 3.63) is 30.0 Å². The number of ether oxygens (including phenoxy) is 2. The molecule has 14 heavy (non-hydrogen) atoms. The van der Waals surface area contributed by atoms with Crippen LogP contribution in [0.4, 0.5) is 0 Å². The highest BCUT2D eigenvalue weighted by Crippen LogP contribution is 2.16. The summed E-state index contributed by atoms with van der Waals surface area (Å²) in [5.41, 5.74) is 3.76. The fraction of sp³-hybridized carbons (Fsp3) is 0.583. The van der Waals surface area contributed by atoms with Crippen LogP contribution < -0.4 is 0 Å². The molecule has 1 atom stereocenters. The van der Waals surface area contributed by atoms with Gasteiger partial charge in [-0.1, -0.05) is 12.2 Å². The van der Waals surface area contributed by atoms with Gasteiger partial charge in [0.25, 0.3) is 0 Å². The second-order valence-electron chi connectivity index (χ2n) is 4.17. The van der Waals surface area contributed by atoms with E-state index in [1.165, 1.54) is 0 Å². The van der Waals surface area contributed by atoms with Crippen molar-refractivity contribution in [3.8, 4) is 0 Å². The summed E-state index contributed by atoms with van der Waals surface area (Å²) in [5.74, 6) is 0. The highest BCUT2D eigenvalue weighted by Gasteiger charge is 2.25. The standard InChI is InChI=1S/C12H18O2/c1-10(2)6-5-7-12(3,4)14-9-11-8-13-11/h6-7,11H,1,8-9H2,2-4H3. The molecule has 2 heteroatoms. The molecule has 0 saturated carbocycles. The fourth-order valence-electron chi connectivity index (χ4n) is 0.898. The normalized spacial score (nSPS) is 19.8. The molecule has 0 radical (unpaired) electrons. The third-order valence-electron chi connectivity index (χ3n) is 1.80. The van der Waals surface area contributed by atoms with Crippen molar-refractivity contribution in [2.24, 2.45) is 0 Å². The first-order chi connectivity index (χ1) is 6.49. The van der Waals surface area contributed by atoms with Crippen molar-refractivity contribution in [1.82, 2.24) is 0 Å². The SMILES string of the molecule is C=C(C)C=C=CC(C)(C)OCC1CO1. The van der Waals surface area contributed by atoms with Crippen LogP contribution in [0.25, 0.3) is 0 Å². The van der Waals surface area contributed by atoms with E-state index < -0.39 is 0 Å². The summed E-state index contributed by atoms with van der Waals surface area (Å²) in [4.78, 5) is 0. The zero-order valence-corrected chi connectivity index (χ0v) is 9.17. The molecule has 0 N–H and O–H groups in total. The maximum absolute atomic E-state index is 5.64. The molecule has 0 aliphatic carbocycles. The van der Waals surface area contributed by atoms with Gasteiger partial charge in [-0.15, -0.1) is 5.73 Å². The number of hydrogen-bond donors (Lipinski definition) is 0. The van der Waals surface area contributed by atoms with Gasteiger partial charge >= 0.3 is 0 Å². The molecule has 78 valence electrons. The summed E-state index contributed by atoms with van der Waals surface area (Å²) in [6.07, 6.45) is 4.07. The molecule has 1 heterocycles. The highest BCUT2D eigenvalue weighted by atomic mass is 16.6. The minimum atomic E-state index is -0.280. The van der Waals surface area contributed by atoms with E-state index in [0.29, 0.717) is 12.7 Å². The van der Waals surface area contributed by atoms with Crippen molar-refractivity contribution < 1.29 is 9.47 Å². The van der Waals surface area contributed by atoms with E-state index in [9.17, 15) is 0 Å². The maximum atomic E-state index is 5.64. The van der Waals surface area contributed by atoms with Gasteiger partial charge in [0.15, 0.2) is 0 Å². The van der Waals surface area contributed by atoms with E-state index >= 15 is 0 Å². The fourth-order valence-corrected chi connectivity index (χ4v) is 0.898. The third-order valence-corrected chi connectivity index (χ3v) is 1.80. The van der Waals surface area contributed by atoms with E-state index in [2.05, 4.69) is 12.3 Å². The minimum absolute atomic E-state index is 0.280. The van der Waals surface area contributed by atoms with Gasteiger partial charge in [-0.05, 0) is 32.9 Å². The Morgan fingerprint density at radius 2 is 2.36 bits per heavy atom. The summed E-state index contributed by atoms with van der Waals surface area (Å²) in [7, 11) is 0. The summed E-state index contributed by atoms with van der Waals surface area (Å²) in [6.45, 7) is 11.2. The topological polar surface area (TPSA) is 21.8 Å². The van der Waals surface area contributed by atoms with Gasteiger partial charge in [0.05, 0.1) is 18.8 Å². The molecule has 1 unspecified atom stereocenters. The van der Waals surface area contributed by atoms with E-state index in [1.807, 2.05) is 32.9 Å². The zero-order chi connectivity index (χ0) is 10.6. The van der Waals surface area contributed by atoms with E-state index in [4.69, 9.17) is 9.47 Å². The second-order valence-corrected chi connectivity index (χ2v) is 4.17. The van der Waals surface area contributed by atoms with Crippen LogP contribution in [0, 0.1) is 0 Å². The van der Waals surface area contributed by atoms with Gasteiger partial charge in [-0.3, -0.25) is 0 Å². The summed E-state index contributed by atoms with van der Waals surface area (Å²) in [5, 5.41) is 0. The predicted octanol–water partition coefficient (Wildman–Crippen LogP) is 2.47. The molecule has 1 fully saturated rings. The maximum Gasteiger partial charge on any atom is 0.104 e. The lowest BCUT2D eigenvalue weighted by Crippen LogP contribution is -2.23. The number of hydrogen-bond acceptors (Lipinski definition) is 2. The van der Waals surface area contributed by atoms with Crippen molar-refractivity contribution in [1.29, 1.82) is 0 Å². The predicted molar refractivity (Wildman–Crippen MR) is 57.2 cm³/mol. The van der Waals surface area contributed by atoms with Gasteiger partial charge in [0, 0.05) is 0 Å². The molecule has 0 aromatic carbocycles. The highest BCUT2D eigenvalue weighted by molar-refractivity contribution is 5.12. The lowest BCUT2D eigenvalue weighted by atomic mass is 10.1. The Kier molecular flexibility index (Phi) is 3.70. The quantitative estimate of drug-likeness (QED) is 0.381. The molecule has 1 aliphatic heterocycles. The molecule has 0 aromatic heterocycles. The minimum Gasteiger partial charge on any atom is -0.371 e. The molecule has 1 saturated heterocycles.